The van der Waals surface area contributed by atoms with Gasteiger partial charge in [0.15, 0.2) is 0 Å². The first kappa shape index (κ1) is 15.4. The third-order valence-electron chi connectivity index (χ3n) is 2.51. The molecule has 0 saturated heterocycles. The minimum atomic E-state index is -3.64. The van der Waals surface area contributed by atoms with Crippen LogP contribution in [0.4, 0.5) is 5.69 Å². The fraction of sp³-hybridized carbons (Fsp3) is 0.455. The fourth-order valence-corrected chi connectivity index (χ4v) is 3.03. The van der Waals surface area contributed by atoms with Crippen LogP contribution < -0.4 is 10.5 Å². The zero-order valence-corrected chi connectivity index (χ0v) is 12.9. The maximum Gasteiger partial charge on any atom is 0.242 e. The second kappa shape index (κ2) is 5.56. The molecule has 18 heavy (non-hydrogen) atoms. The Morgan fingerprint density at radius 3 is 2.61 bits per heavy atom. The number of sulfonamides is 1. The third kappa shape index (κ3) is 3.94. The summed E-state index contributed by atoms with van der Waals surface area (Å²) in [4.78, 5) is 0.0591. The molecule has 0 spiro atoms. The summed E-state index contributed by atoms with van der Waals surface area (Å²) in [5, 5.41) is 0. The SMILES string of the molecule is COC(C)(C)CNS(=O)(=O)c1cc(Br)ccc1N. The first-order valence-electron chi connectivity index (χ1n) is 5.28. The Kier molecular flexibility index (Phi) is 4.77. The summed E-state index contributed by atoms with van der Waals surface area (Å²) in [5.41, 5.74) is 5.31. The molecule has 5 nitrogen and oxygen atoms in total. The molecule has 0 aromatic heterocycles. The van der Waals surface area contributed by atoms with Gasteiger partial charge in [-0.2, -0.15) is 0 Å². The van der Waals surface area contributed by atoms with Crippen LogP contribution in [0, 0.1) is 0 Å². The van der Waals surface area contributed by atoms with Gasteiger partial charge in [0.2, 0.25) is 10.0 Å². The van der Waals surface area contributed by atoms with Gasteiger partial charge in [-0.15, -0.1) is 0 Å². The number of methoxy groups -OCH3 is 1. The predicted molar refractivity (Wildman–Crippen MR) is 74.8 cm³/mol. The molecule has 0 unspecified atom stereocenters. The molecule has 0 heterocycles. The smallest absolute Gasteiger partial charge is 0.242 e. The lowest BCUT2D eigenvalue weighted by Crippen LogP contribution is -2.39. The molecule has 7 heteroatoms. The van der Waals surface area contributed by atoms with Crippen molar-refractivity contribution in [3.63, 3.8) is 0 Å². The van der Waals surface area contributed by atoms with E-state index in [1.807, 2.05) is 0 Å². The minimum Gasteiger partial charge on any atom is -0.398 e. The first-order chi connectivity index (χ1) is 8.18. The molecule has 0 atom stereocenters. The number of hydrogen-bond acceptors (Lipinski definition) is 4. The van der Waals surface area contributed by atoms with Gasteiger partial charge < -0.3 is 10.5 Å². The number of rotatable bonds is 5. The van der Waals surface area contributed by atoms with Crippen molar-refractivity contribution in [1.29, 1.82) is 0 Å². The van der Waals surface area contributed by atoms with Crippen molar-refractivity contribution in [2.45, 2.75) is 24.3 Å². The molecular weight excluding hydrogens is 320 g/mol. The molecule has 1 rings (SSSR count). The summed E-state index contributed by atoms with van der Waals surface area (Å²) in [5.74, 6) is 0. The monoisotopic (exact) mass is 336 g/mol. The van der Waals surface area contributed by atoms with Crippen molar-refractivity contribution >= 4 is 31.6 Å². The molecule has 1 aromatic carbocycles. The van der Waals surface area contributed by atoms with Crippen molar-refractivity contribution in [3.8, 4) is 0 Å². The van der Waals surface area contributed by atoms with Crippen LogP contribution in [0.5, 0.6) is 0 Å². The van der Waals surface area contributed by atoms with Gasteiger partial charge in [0.25, 0.3) is 0 Å². The summed E-state index contributed by atoms with van der Waals surface area (Å²) in [6.45, 7) is 3.75. The molecule has 0 saturated carbocycles. The quantitative estimate of drug-likeness (QED) is 0.802. The molecular formula is C11H17BrN2O3S. The molecule has 102 valence electrons. The number of nitrogens with one attached hydrogen (secondary N) is 1. The zero-order chi connectivity index (χ0) is 14.0. The van der Waals surface area contributed by atoms with E-state index in [1.54, 1.807) is 26.0 Å². The van der Waals surface area contributed by atoms with Crippen molar-refractivity contribution in [2.24, 2.45) is 0 Å². The van der Waals surface area contributed by atoms with Gasteiger partial charge in [0.1, 0.15) is 4.90 Å². The van der Waals surface area contributed by atoms with Gasteiger partial charge in [-0.1, -0.05) is 15.9 Å². The molecule has 3 N–H and O–H groups in total. The highest BCUT2D eigenvalue weighted by Crippen LogP contribution is 2.23. The van der Waals surface area contributed by atoms with E-state index in [4.69, 9.17) is 10.5 Å². The van der Waals surface area contributed by atoms with E-state index in [1.165, 1.54) is 13.2 Å². The summed E-state index contributed by atoms with van der Waals surface area (Å²) in [6.07, 6.45) is 0. The van der Waals surface area contributed by atoms with E-state index < -0.39 is 15.6 Å². The zero-order valence-electron chi connectivity index (χ0n) is 10.5. The first-order valence-corrected chi connectivity index (χ1v) is 7.55. The molecule has 0 amide bonds. The Bertz CT molecular complexity index is 529. The predicted octanol–water partition coefficient (Wildman–Crippen LogP) is 1.73. The summed E-state index contributed by atoms with van der Waals surface area (Å²) < 4.78 is 32.5. The van der Waals surface area contributed by atoms with E-state index in [2.05, 4.69) is 20.7 Å². The Labute approximate surface area is 116 Å². The van der Waals surface area contributed by atoms with Crippen molar-refractivity contribution in [3.05, 3.63) is 22.7 Å². The van der Waals surface area contributed by atoms with E-state index in [0.29, 0.717) is 4.47 Å². The number of benzene rings is 1. The van der Waals surface area contributed by atoms with Gasteiger partial charge in [0, 0.05) is 18.1 Å². The normalized spacial score (nSPS) is 12.7. The molecule has 0 bridgehead atoms. The average molecular weight is 337 g/mol. The van der Waals surface area contributed by atoms with E-state index >= 15 is 0 Å². The van der Waals surface area contributed by atoms with Gasteiger partial charge in [-0.25, -0.2) is 13.1 Å². The number of nitrogens with two attached hydrogens (primary N) is 1. The second-order valence-corrected chi connectivity index (χ2v) is 7.12. The largest absolute Gasteiger partial charge is 0.398 e. The standard InChI is InChI=1S/C11H17BrN2O3S/c1-11(2,17-3)7-14-18(15,16)10-6-8(12)4-5-9(10)13/h4-6,14H,7,13H2,1-3H3. The lowest BCUT2D eigenvalue weighted by atomic mass is 10.1. The van der Waals surface area contributed by atoms with Crippen LogP contribution in [0.3, 0.4) is 0 Å². The van der Waals surface area contributed by atoms with E-state index in [-0.39, 0.29) is 17.1 Å². The van der Waals surface area contributed by atoms with Crippen LogP contribution in [-0.4, -0.2) is 27.7 Å². The van der Waals surface area contributed by atoms with Gasteiger partial charge >= 0.3 is 0 Å². The highest BCUT2D eigenvalue weighted by molar-refractivity contribution is 9.10. The van der Waals surface area contributed by atoms with Crippen molar-refractivity contribution in [1.82, 2.24) is 4.72 Å². The van der Waals surface area contributed by atoms with Crippen LogP contribution >= 0.6 is 15.9 Å². The molecule has 0 radical (unpaired) electrons. The van der Waals surface area contributed by atoms with Crippen molar-refractivity contribution < 1.29 is 13.2 Å². The van der Waals surface area contributed by atoms with Crippen LogP contribution in [-0.2, 0) is 14.8 Å². The molecule has 0 aliphatic rings. The van der Waals surface area contributed by atoms with Crippen LogP contribution in [0.2, 0.25) is 0 Å². The van der Waals surface area contributed by atoms with Crippen LogP contribution in [0.15, 0.2) is 27.6 Å². The number of nitrogen functional groups attached to an aromatic ring is 1. The molecule has 1 aromatic rings. The number of halogens is 1. The van der Waals surface area contributed by atoms with Crippen LogP contribution in [0.1, 0.15) is 13.8 Å². The highest BCUT2D eigenvalue weighted by atomic mass is 79.9. The van der Waals surface area contributed by atoms with Crippen LogP contribution in [0.25, 0.3) is 0 Å². The molecule has 0 fully saturated rings. The maximum atomic E-state index is 12.1. The lowest BCUT2D eigenvalue weighted by molar-refractivity contribution is 0.0276. The number of anilines is 1. The average Bonchev–Trinajstić information content (AvgIpc) is 2.30. The fourth-order valence-electron chi connectivity index (χ4n) is 1.16. The van der Waals surface area contributed by atoms with Gasteiger partial charge in [0.05, 0.1) is 11.3 Å². The van der Waals surface area contributed by atoms with E-state index in [0.717, 1.165) is 0 Å². The van der Waals surface area contributed by atoms with E-state index in [9.17, 15) is 8.42 Å². The Morgan fingerprint density at radius 1 is 1.44 bits per heavy atom. The Morgan fingerprint density at radius 2 is 2.06 bits per heavy atom. The number of ether oxygens (including phenoxy) is 1. The van der Waals surface area contributed by atoms with Crippen molar-refractivity contribution in [2.75, 3.05) is 19.4 Å². The summed E-state index contributed by atoms with van der Waals surface area (Å²) in [7, 11) is -2.11. The minimum absolute atomic E-state index is 0.0591. The van der Waals surface area contributed by atoms with Gasteiger partial charge in [-0.05, 0) is 32.0 Å². The lowest BCUT2D eigenvalue weighted by Gasteiger charge is -2.23. The molecule has 0 aliphatic heterocycles. The highest BCUT2D eigenvalue weighted by Gasteiger charge is 2.23. The molecule has 0 aliphatic carbocycles. The topological polar surface area (TPSA) is 81.4 Å². The van der Waals surface area contributed by atoms with Gasteiger partial charge in [-0.3, -0.25) is 0 Å². The maximum absolute atomic E-state index is 12.1. The summed E-state index contributed by atoms with van der Waals surface area (Å²) in [6, 6.07) is 4.70. The second-order valence-electron chi connectivity index (χ2n) is 4.47. The summed E-state index contributed by atoms with van der Waals surface area (Å²) >= 11 is 3.22. The number of hydrogen-bond donors (Lipinski definition) is 2. The Balaban J connectivity index is 2.97. The third-order valence-corrected chi connectivity index (χ3v) is 4.46. The Hall–Kier alpha value is -0.630.